The van der Waals surface area contributed by atoms with Crippen LogP contribution in [0.2, 0.25) is 0 Å². The average Bonchev–Trinajstić information content (AvgIpc) is 3.17. The molecule has 58 heavy (non-hydrogen) atoms. The third kappa shape index (κ3) is 42.6. The number of hydrogen-bond acceptors (Lipinski definition) is 6. The smallest absolute Gasteiger partial charge is 0.268 e. The Labute approximate surface area is 359 Å². The van der Waals surface area contributed by atoms with Gasteiger partial charge >= 0.3 is 0 Å². The van der Waals surface area contributed by atoms with Crippen LogP contribution in [0.15, 0.2) is 48.6 Å². The van der Waals surface area contributed by atoms with E-state index in [4.69, 9.17) is 9.05 Å². The highest BCUT2D eigenvalue weighted by molar-refractivity contribution is 7.45. The second-order valence-corrected chi connectivity index (χ2v) is 18.8. The highest BCUT2D eigenvalue weighted by atomic mass is 31.2. The summed E-state index contributed by atoms with van der Waals surface area (Å²) < 4.78 is 23.2. The minimum atomic E-state index is -4.60. The van der Waals surface area contributed by atoms with E-state index >= 15 is 0 Å². The van der Waals surface area contributed by atoms with Gasteiger partial charge in [0.25, 0.3) is 7.82 Å². The van der Waals surface area contributed by atoms with Gasteiger partial charge < -0.3 is 28.8 Å². The number of likely N-dealkylation sites (N-methyl/N-ethyl adjacent to an activating group) is 1. The van der Waals surface area contributed by atoms with Crippen LogP contribution >= 0.6 is 7.82 Å². The molecule has 0 aromatic rings. The molecule has 1 amide bonds. The maximum Gasteiger partial charge on any atom is 0.268 e. The standard InChI is InChI=1S/C49H93N2O6P/c1-6-8-10-12-14-16-18-20-22-24-26-28-30-32-34-36-38-40-42-48(52)47(46-57-58(54,55)56-45-44-51(3,4)5)50-49(53)43-41-39-37-35-33-31-29-27-25-23-21-19-17-15-13-11-9-7-2/h23-26,32,34,40,42,47-48,52H,6-22,27-31,33,35-39,41,43-46H2,1-5H3,(H-,50,53,54,55)/b25-23-,26-24+,34-32+,42-40+. The number of hydrogen-bond donors (Lipinski definition) is 2. The molecular weight excluding hydrogens is 744 g/mol. The van der Waals surface area contributed by atoms with Gasteiger partial charge in [-0.05, 0) is 70.6 Å². The van der Waals surface area contributed by atoms with Crippen molar-refractivity contribution in [2.75, 3.05) is 40.9 Å². The van der Waals surface area contributed by atoms with Crippen molar-refractivity contribution in [3.05, 3.63) is 48.6 Å². The zero-order valence-electron chi connectivity index (χ0n) is 38.5. The zero-order chi connectivity index (χ0) is 42.8. The summed E-state index contributed by atoms with van der Waals surface area (Å²) in [7, 11) is 1.23. The second-order valence-electron chi connectivity index (χ2n) is 17.4. The van der Waals surface area contributed by atoms with Gasteiger partial charge in [0.1, 0.15) is 13.2 Å². The van der Waals surface area contributed by atoms with Crippen molar-refractivity contribution in [2.24, 2.45) is 0 Å². The van der Waals surface area contributed by atoms with E-state index in [0.717, 1.165) is 44.9 Å². The summed E-state index contributed by atoms with van der Waals surface area (Å²) in [6, 6.07) is -0.911. The summed E-state index contributed by atoms with van der Waals surface area (Å²) in [6.45, 7) is 4.61. The Morgan fingerprint density at radius 2 is 0.966 bits per heavy atom. The predicted molar refractivity (Wildman–Crippen MR) is 247 cm³/mol. The van der Waals surface area contributed by atoms with E-state index in [0.29, 0.717) is 17.4 Å². The number of aliphatic hydroxyl groups excluding tert-OH is 1. The van der Waals surface area contributed by atoms with E-state index < -0.39 is 26.6 Å². The number of phosphoric ester groups is 1. The van der Waals surface area contributed by atoms with E-state index in [1.807, 2.05) is 27.2 Å². The van der Waals surface area contributed by atoms with E-state index in [1.54, 1.807) is 6.08 Å². The monoisotopic (exact) mass is 837 g/mol. The Balaban J connectivity index is 4.46. The first-order valence-corrected chi connectivity index (χ1v) is 25.5. The van der Waals surface area contributed by atoms with Crippen LogP contribution in [-0.2, 0) is 18.4 Å². The minimum Gasteiger partial charge on any atom is -0.756 e. The van der Waals surface area contributed by atoms with Crippen molar-refractivity contribution in [3.63, 3.8) is 0 Å². The van der Waals surface area contributed by atoms with Crippen LogP contribution < -0.4 is 10.2 Å². The number of carbonyl (C=O) groups is 1. The predicted octanol–water partition coefficient (Wildman–Crippen LogP) is 13.0. The van der Waals surface area contributed by atoms with E-state index in [2.05, 4.69) is 55.6 Å². The zero-order valence-corrected chi connectivity index (χ0v) is 39.4. The number of allylic oxidation sites excluding steroid dienone is 7. The minimum absolute atomic E-state index is 0.0106. The molecule has 0 aliphatic heterocycles. The summed E-state index contributed by atoms with van der Waals surface area (Å²) in [5.41, 5.74) is 0. The van der Waals surface area contributed by atoms with Crippen LogP contribution in [0.4, 0.5) is 0 Å². The Morgan fingerprint density at radius 1 is 0.586 bits per heavy atom. The van der Waals surface area contributed by atoms with Crippen molar-refractivity contribution in [2.45, 2.75) is 219 Å². The normalized spacial score (nSPS) is 14.7. The van der Waals surface area contributed by atoms with Gasteiger partial charge in [-0.2, -0.15) is 0 Å². The quantitative estimate of drug-likeness (QED) is 0.0274. The summed E-state index contributed by atoms with van der Waals surface area (Å²) in [5, 5.41) is 13.8. The lowest BCUT2D eigenvalue weighted by Gasteiger charge is -2.29. The molecule has 0 radical (unpaired) electrons. The molecule has 2 N–H and O–H groups in total. The molecular formula is C49H93N2O6P. The van der Waals surface area contributed by atoms with Gasteiger partial charge in [-0.3, -0.25) is 9.36 Å². The number of nitrogens with zero attached hydrogens (tertiary/aromatic N) is 1. The summed E-state index contributed by atoms with van der Waals surface area (Å²) in [4.78, 5) is 25.3. The third-order valence-electron chi connectivity index (χ3n) is 10.5. The molecule has 0 aromatic carbocycles. The van der Waals surface area contributed by atoms with Crippen molar-refractivity contribution in [3.8, 4) is 0 Å². The first kappa shape index (κ1) is 56.5. The maximum absolute atomic E-state index is 12.9. The lowest BCUT2D eigenvalue weighted by atomic mass is 10.1. The van der Waals surface area contributed by atoms with Gasteiger partial charge in [0.05, 0.1) is 39.9 Å². The molecule has 0 aliphatic carbocycles. The molecule has 0 fully saturated rings. The van der Waals surface area contributed by atoms with Crippen LogP contribution in [0.1, 0.15) is 206 Å². The van der Waals surface area contributed by atoms with Gasteiger partial charge in [0, 0.05) is 6.42 Å². The van der Waals surface area contributed by atoms with Crippen LogP contribution in [0.3, 0.4) is 0 Å². The van der Waals surface area contributed by atoms with Gasteiger partial charge in [-0.15, -0.1) is 0 Å². The molecule has 3 atom stereocenters. The van der Waals surface area contributed by atoms with Gasteiger partial charge in [-0.1, -0.05) is 178 Å². The number of aliphatic hydroxyl groups is 1. The molecule has 3 unspecified atom stereocenters. The lowest BCUT2D eigenvalue weighted by Crippen LogP contribution is -2.45. The van der Waals surface area contributed by atoms with Gasteiger partial charge in [0.15, 0.2) is 0 Å². The Kier molecular flexibility index (Phi) is 39.8. The summed E-state index contributed by atoms with van der Waals surface area (Å²) >= 11 is 0. The van der Waals surface area contributed by atoms with Crippen molar-refractivity contribution in [1.29, 1.82) is 0 Å². The molecule has 0 rings (SSSR count). The Bertz CT molecular complexity index is 1090. The van der Waals surface area contributed by atoms with Gasteiger partial charge in [0.2, 0.25) is 5.91 Å². The summed E-state index contributed by atoms with van der Waals surface area (Å²) in [6.07, 6.45) is 51.6. The fraction of sp³-hybridized carbons (Fsp3) is 0.816. The highest BCUT2D eigenvalue weighted by Gasteiger charge is 2.23. The number of amides is 1. The third-order valence-corrected chi connectivity index (χ3v) is 11.5. The fourth-order valence-corrected chi connectivity index (χ4v) is 7.37. The fourth-order valence-electron chi connectivity index (χ4n) is 6.65. The average molecular weight is 837 g/mol. The van der Waals surface area contributed by atoms with Crippen LogP contribution in [0.25, 0.3) is 0 Å². The second kappa shape index (κ2) is 40.8. The Hall–Kier alpha value is -1.54. The number of unbranched alkanes of at least 4 members (excludes halogenated alkanes) is 24. The SMILES string of the molecule is CCCCCCCCC/C=C\CCCCCCCCCC(=O)NC(COP(=O)([O-])OCC[N+](C)(C)C)C(O)/C=C/CC/C=C/CC/C=C/CCCCCCCCCC. The number of nitrogens with one attached hydrogen (secondary N) is 1. The van der Waals surface area contributed by atoms with Gasteiger partial charge in [-0.25, -0.2) is 0 Å². The van der Waals surface area contributed by atoms with E-state index in [1.165, 1.54) is 141 Å². The molecule has 9 heteroatoms. The molecule has 340 valence electrons. The summed E-state index contributed by atoms with van der Waals surface area (Å²) in [5.74, 6) is -0.217. The molecule has 0 aromatic heterocycles. The highest BCUT2D eigenvalue weighted by Crippen LogP contribution is 2.38. The van der Waals surface area contributed by atoms with Crippen LogP contribution in [-0.4, -0.2) is 68.5 Å². The largest absolute Gasteiger partial charge is 0.756 e. The first-order valence-electron chi connectivity index (χ1n) is 24.0. The van der Waals surface area contributed by atoms with Crippen molar-refractivity contribution >= 4 is 13.7 Å². The molecule has 0 bridgehead atoms. The van der Waals surface area contributed by atoms with E-state index in [9.17, 15) is 19.4 Å². The Morgan fingerprint density at radius 3 is 1.40 bits per heavy atom. The van der Waals surface area contributed by atoms with Crippen molar-refractivity contribution < 1.29 is 32.9 Å². The molecule has 0 spiro atoms. The lowest BCUT2D eigenvalue weighted by molar-refractivity contribution is -0.870. The molecule has 0 heterocycles. The number of rotatable bonds is 43. The number of phosphoric acid groups is 1. The number of quaternary nitrogens is 1. The van der Waals surface area contributed by atoms with Crippen molar-refractivity contribution in [1.82, 2.24) is 5.32 Å². The molecule has 0 aliphatic rings. The molecule has 0 saturated heterocycles. The number of carbonyl (C=O) groups excluding carboxylic acids is 1. The van der Waals surface area contributed by atoms with Crippen LogP contribution in [0, 0.1) is 0 Å². The van der Waals surface area contributed by atoms with Crippen LogP contribution in [0.5, 0.6) is 0 Å². The topological polar surface area (TPSA) is 108 Å². The molecule has 0 saturated carbocycles. The first-order chi connectivity index (χ1) is 28.0. The van der Waals surface area contributed by atoms with E-state index in [-0.39, 0.29) is 12.5 Å². The maximum atomic E-state index is 12.9. The molecule has 8 nitrogen and oxygen atoms in total.